The lowest BCUT2D eigenvalue weighted by Gasteiger charge is -2.49. The van der Waals surface area contributed by atoms with Gasteiger partial charge in [0.15, 0.2) is 10.8 Å². The van der Waals surface area contributed by atoms with Crippen LogP contribution in [0.25, 0.3) is 5.70 Å². The number of amides is 3. The Balaban J connectivity index is 1.59. The van der Waals surface area contributed by atoms with Crippen molar-refractivity contribution >= 4 is 71.5 Å². The summed E-state index contributed by atoms with van der Waals surface area (Å²) in [6, 6.07) is -0.944. The zero-order valence-electron chi connectivity index (χ0n) is 27.0. The fourth-order valence-electron chi connectivity index (χ4n) is 4.13. The fraction of sp³-hybridized carbons (Fsp3) is 0.593. The number of esters is 1. The second kappa shape index (κ2) is 13.0. The molecule has 2 aliphatic rings. The molecule has 0 aliphatic carbocycles. The Morgan fingerprint density at radius 2 is 1.78 bits per heavy atom. The van der Waals surface area contributed by atoms with Gasteiger partial charge >= 0.3 is 12.1 Å². The van der Waals surface area contributed by atoms with Crippen LogP contribution in [0.5, 0.6) is 0 Å². The van der Waals surface area contributed by atoms with Crippen molar-refractivity contribution in [1.82, 2.24) is 35.3 Å². The molecular weight excluding hydrogens is 637 g/mol. The van der Waals surface area contributed by atoms with Crippen molar-refractivity contribution in [3.05, 3.63) is 22.5 Å². The Labute approximate surface area is 275 Å². The molecule has 0 spiro atoms. The quantitative estimate of drug-likeness (QED) is 0.130. The minimum Gasteiger partial charge on any atom is -0.457 e. The molecule has 2 N–H and O–H groups in total. The normalized spacial score (nSPS) is 18.8. The van der Waals surface area contributed by atoms with E-state index < -0.39 is 52.1 Å². The third-order valence-corrected chi connectivity index (χ3v) is 8.32. The molecule has 16 nitrogen and oxygen atoms in total. The number of fused-ring (bicyclic) bond motifs is 1. The summed E-state index contributed by atoms with van der Waals surface area (Å²) >= 11 is 2.47. The lowest BCUT2D eigenvalue weighted by molar-refractivity contribution is -0.179. The van der Waals surface area contributed by atoms with E-state index in [0.717, 1.165) is 21.6 Å². The molecule has 19 heteroatoms. The molecule has 2 aromatic heterocycles. The molecule has 2 aliphatic heterocycles. The van der Waals surface area contributed by atoms with Gasteiger partial charge in [0.05, 0.1) is 5.70 Å². The van der Waals surface area contributed by atoms with Crippen LogP contribution in [0.15, 0.2) is 16.1 Å². The molecule has 1 saturated heterocycles. The molecule has 246 valence electrons. The zero-order valence-corrected chi connectivity index (χ0v) is 28.7. The predicted octanol–water partition coefficient (Wildman–Crippen LogP) is 2.47. The summed E-state index contributed by atoms with van der Waals surface area (Å²) in [5.74, 6) is -1.15. The number of oxime groups is 1. The molecule has 2 aromatic rings. The summed E-state index contributed by atoms with van der Waals surface area (Å²) < 4.78 is 11.5. The molecular formula is C27H36BN9O7S2. The van der Waals surface area contributed by atoms with Crippen LogP contribution in [0.4, 0.5) is 9.93 Å². The number of nitrogens with zero attached hydrogens (tertiary/aromatic N) is 7. The van der Waals surface area contributed by atoms with Crippen molar-refractivity contribution in [1.29, 1.82) is 0 Å². The molecule has 0 unspecified atom stereocenters. The number of nitrogens with one attached hydrogen (secondary N) is 2. The van der Waals surface area contributed by atoms with Gasteiger partial charge in [-0.1, -0.05) is 17.3 Å². The third kappa shape index (κ3) is 8.04. The van der Waals surface area contributed by atoms with E-state index in [1.807, 2.05) is 6.92 Å². The average Bonchev–Trinajstić information content (AvgIpc) is 3.57. The number of hydrogen-bond donors (Lipinski definition) is 2. The van der Waals surface area contributed by atoms with Crippen LogP contribution in [0.2, 0.25) is 0 Å². The maximum atomic E-state index is 13.7. The van der Waals surface area contributed by atoms with Gasteiger partial charge in [0.1, 0.15) is 28.3 Å². The van der Waals surface area contributed by atoms with E-state index in [1.165, 1.54) is 35.9 Å². The van der Waals surface area contributed by atoms with Crippen LogP contribution < -0.4 is 10.6 Å². The van der Waals surface area contributed by atoms with Crippen LogP contribution >= 0.6 is 23.1 Å². The monoisotopic (exact) mass is 673 g/mol. The highest BCUT2D eigenvalue weighted by Crippen LogP contribution is 2.44. The number of carbonyl (C=O) groups excluding carboxylic acids is 4. The highest BCUT2D eigenvalue weighted by molar-refractivity contribution is 8.00. The average molecular weight is 674 g/mol. The van der Waals surface area contributed by atoms with Gasteiger partial charge in [0.25, 0.3) is 19.8 Å². The minimum atomic E-state index is -1.60. The first kappa shape index (κ1) is 34.9. The molecule has 2 atom stereocenters. The number of β-lactam (4-membered cyclic amide) rings is 1. The van der Waals surface area contributed by atoms with Crippen molar-refractivity contribution < 1.29 is 33.5 Å². The summed E-state index contributed by atoms with van der Waals surface area (Å²) in [5, 5.41) is 22.1. The number of aromatic nitrogens is 5. The van der Waals surface area contributed by atoms with E-state index in [0.29, 0.717) is 17.9 Å². The number of ether oxygens (including phenoxy) is 2. The van der Waals surface area contributed by atoms with Crippen LogP contribution in [-0.4, -0.2) is 102 Å². The smallest absolute Gasteiger partial charge is 0.413 e. The Morgan fingerprint density at radius 1 is 1.11 bits per heavy atom. The standard InChI is InChI=1S/C27H36BN9O7S2/c1-10-13-11-45-21-16(20(39)36(21)17(13)18-32-35-37(28)33-18)30-19(38)15(34-44-27(8,9)22(40)42-25(2,3)4)14-12-46-23(29-14)31-24(41)43-26(5,6)7/h12,16,21H,10-11H2,1-9H3,(H,30,38)(H,29,31,41)/b34-15-/t16-,21-/m1/s1. The van der Waals surface area contributed by atoms with Gasteiger partial charge in [-0.05, 0) is 67.4 Å². The van der Waals surface area contributed by atoms with Gasteiger partial charge < -0.3 is 19.6 Å². The summed E-state index contributed by atoms with van der Waals surface area (Å²) in [7, 11) is 5.60. The molecule has 4 heterocycles. The first-order valence-electron chi connectivity index (χ1n) is 14.3. The van der Waals surface area contributed by atoms with Crippen LogP contribution in [0.3, 0.4) is 0 Å². The molecule has 0 saturated carbocycles. The largest absolute Gasteiger partial charge is 0.457 e. The Morgan fingerprint density at radius 3 is 2.37 bits per heavy atom. The van der Waals surface area contributed by atoms with Crippen molar-refractivity contribution in [3.8, 4) is 0 Å². The summed E-state index contributed by atoms with van der Waals surface area (Å²) in [4.78, 5) is 63.7. The topological polar surface area (TPSA) is 192 Å². The molecule has 2 radical (unpaired) electrons. The molecule has 0 aromatic carbocycles. The van der Waals surface area contributed by atoms with E-state index in [-0.39, 0.29) is 22.4 Å². The first-order chi connectivity index (χ1) is 21.3. The van der Waals surface area contributed by atoms with E-state index in [1.54, 1.807) is 41.5 Å². The van der Waals surface area contributed by atoms with Crippen LogP contribution in [0, 0.1) is 0 Å². The minimum absolute atomic E-state index is 0.0195. The molecule has 3 amide bonds. The maximum absolute atomic E-state index is 13.7. The number of rotatable bonds is 9. The van der Waals surface area contributed by atoms with E-state index in [4.69, 9.17) is 22.3 Å². The molecule has 1 fully saturated rings. The van der Waals surface area contributed by atoms with Crippen molar-refractivity contribution in [2.75, 3.05) is 11.1 Å². The van der Waals surface area contributed by atoms with Gasteiger partial charge in [-0.2, -0.15) is 0 Å². The lowest BCUT2D eigenvalue weighted by atomic mass is 10.0. The van der Waals surface area contributed by atoms with Gasteiger partial charge in [0, 0.05) is 11.1 Å². The summed E-state index contributed by atoms with van der Waals surface area (Å²) in [6.07, 6.45) is -0.104. The van der Waals surface area contributed by atoms with Gasteiger partial charge in [0.2, 0.25) is 11.4 Å². The summed E-state index contributed by atoms with van der Waals surface area (Å²) in [6.45, 7) is 15.1. The number of anilines is 1. The highest BCUT2D eigenvalue weighted by Gasteiger charge is 2.54. The van der Waals surface area contributed by atoms with Crippen molar-refractivity contribution in [2.24, 2.45) is 5.16 Å². The van der Waals surface area contributed by atoms with E-state index in [2.05, 4.69) is 36.2 Å². The van der Waals surface area contributed by atoms with Gasteiger partial charge in [-0.15, -0.1) is 33.3 Å². The predicted molar refractivity (Wildman–Crippen MR) is 171 cm³/mol. The summed E-state index contributed by atoms with van der Waals surface area (Å²) in [5.41, 5.74) is -2.03. The van der Waals surface area contributed by atoms with Gasteiger partial charge in [-0.3, -0.25) is 19.8 Å². The third-order valence-electron chi connectivity index (χ3n) is 6.23. The second-order valence-electron chi connectivity index (χ2n) is 12.8. The van der Waals surface area contributed by atoms with Crippen molar-refractivity contribution in [3.63, 3.8) is 0 Å². The number of carbonyl (C=O) groups is 4. The Bertz CT molecular complexity index is 1590. The SMILES string of the molecule is [B]n1nnc(C2=C(CC)CS[C@@H]3[C@H](NC(=O)/C(=N\OC(C)(C)C(=O)OC(C)(C)C)c4csc(NC(=O)OC(C)(C)C)n4)C(=O)N23)n1. The number of hydrogen-bond acceptors (Lipinski definition) is 14. The number of thioether (sulfide) groups is 1. The number of tetrazole rings is 1. The van der Waals surface area contributed by atoms with E-state index >= 15 is 0 Å². The molecule has 46 heavy (non-hydrogen) atoms. The Hall–Kier alpha value is -4.00. The molecule has 4 rings (SSSR count). The molecule has 0 bridgehead atoms. The van der Waals surface area contributed by atoms with Crippen LogP contribution in [-0.2, 0) is 28.7 Å². The lowest BCUT2D eigenvalue weighted by Crippen LogP contribution is -2.70. The van der Waals surface area contributed by atoms with Gasteiger partial charge in [-0.25, -0.2) is 19.3 Å². The van der Waals surface area contributed by atoms with E-state index in [9.17, 15) is 19.2 Å². The van der Waals surface area contributed by atoms with Crippen molar-refractivity contribution in [2.45, 2.75) is 97.0 Å². The maximum Gasteiger partial charge on any atom is 0.413 e. The fourth-order valence-corrected chi connectivity index (χ4v) is 6.26. The van der Waals surface area contributed by atoms with Crippen LogP contribution in [0.1, 0.15) is 80.3 Å². The second-order valence-corrected chi connectivity index (χ2v) is 14.8. The zero-order chi connectivity index (χ0) is 34.2. The Kier molecular flexibility index (Phi) is 9.87. The number of thiazole rings is 1. The highest BCUT2D eigenvalue weighted by atomic mass is 32.2. The first-order valence-corrected chi connectivity index (χ1v) is 16.2.